The summed E-state index contributed by atoms with van der Waals surface area (Å²) in [5.41, 5.74) is 2.08. The molecule has 0 bridgehead atoms. The van der Waals surface area contributed by atoms with Gasteiger partial charge in [0.25, 0.3) is 5.91 Å². The number of carbonyl (C=O) groups is 1. The molecule has 5 heteroatoms. The molecule has 0 radical (unpaired) electrons. The fourth-order valence-electron chi connectivity index (χ4n) is 2.67. The first-order valence-electron chi connectivity index (χ1n) is 8.74. The largest absolute Gasteiger partial charge is 0.506 e. The zero-order chi connectivity index (χ0) is 19.8. The van der Waals surface area contributed by atoms with E-state index >= 15 is 0 Å². The highest BCUT2D eigenvalue weighted by molar-refractivity contribution is 6.07. The van der Waals surface area contributed by atoms with E-state index in [1.54, 1.807) is 18.2 Å². The maximum Gasteiger partial charge on any atom is 0.267 e. The standard InChI is InChI=1S/C23H19N3O2/c24-15-19(23(28)25-21-13-7-8-14-22(21)27)17-26(20-11-5-2-6-12-20)16-18-9-3-1-4-10-18/h1-14,17,27H,16H2,(H,25,28)/b19-17-. The minimum atomic E-state index is -0.585. The lowest BCUT2D eigenvalue weighted by molar-refractivity contribution is -0.112. The summed E-state index contributed by atoms with van der Waals surface area (Å²) in [4.78, 5) is 14.4. The molecule has 1 amide bonds. The molecule has 0 heterocycles. The molecule has 0 aliphatic carbocycles. The first-order chi connectivity index (χ1) is 13.7. The van der Waals surface area contributed by atoms with Gasteiger partial charge in [0.1, 0.15) is 17.4 Å². The predicted molar refractivity (Wildman–Crippen MR) is 109 cm³/mol. The zero-order valence-electron chi connectivity index (χ0n) is 15.1. The number of rotatable bonds is 6. The van der Waals surface area contributed by atoms with Crippen LogP contribution in [0.3, 0.4) is 0 Å². The molecule has 0 aromatic heterocycles. The van der Waals surface area contributed by atoms with Crippen molar-refractivity contribution < 1.29 is 9.90 Å². The minimum absolute atomic E-state index is 0.0580. The van der Waals surface area contributed by atoms with Crippen LogP contribution in [0.5, 0.6) is 5.75 Å². The maximum absolute atomic E-state index is 12.6. The monoisotopic (exact) mass is 369 g/mol. The van der Waals surface area contributed by atoms with Gasteiger partial charge in [-0.05, 0) is 29.8 Å². The number of hydrogen-bond acceptors (Lipinski definition) is 4. The molecule has 5 nitrogen and oxygen atoms in total. The quantitative estimate of drug-likeness (QED) is 0.382. The molecule has 0 aliphatic rings. The van der Waals surface area contributed by atoms with Crippen molar-refractivity contribution in [2.45, 2.75) is 6.54 Å². The van der Waals surface area contributed by atoms with Gasteiger partial charge in [0.05, 0.1) is 5.69 Å². The molecular formula is C23H19N3O2. The molecular weight excluding hydrogens is 350 g/mol. The number of nitrogens with zero attached hydrogens (tertiary/aromatic N) is 2. The SMILES string of the molecule is N#C/C(=C/N(Cc1ccccc1)c1ccccc1)C(=O)Nc1ccccc1O. The fraction of sp³-hybridized carbons (Fsp3) is 0.0435. The van der Waals surface area contributed by atoms with Crippen LogP contribution >= 0.6 is 0 Å². The Bertz CT molecular complexity index is 1010. The smallest absolute Gasteiger partial charge is 0.267 e. The Morgan fingerprint density at radius 3 is 2.21 bits per heavy atom. The van der Waals surface area contributed by atoms with Crippen molar-refractivity contribution in [2.24, 2.45) is 0 Å². The van der Waals surface area contributed by atoms with Gasteiger partial charge in [0, 0.05) is 18.4 Å². The van der Waals surface area contributed by atoms with Crippen LogP contribution in [0.25, 0.3) is 0 Å². The Morgan fingerprint density at radius 2 is 1.57 bits per heavy atom. The lowest BCUT2D eigenvalue weighted by Gasteiger charge is -2.21. The minimum Gasteiger partial charge on any atom is -0.506 e. The molecule has 3 aromatic rings. The van der Waals surface area contributed by atoms with Gasteiger partial charge >= 0.3 is 0 Å². The van der Waals surface area contributed by atoms with Crippen molar-refractivity contribution in [3.05, 3.63) is 102 Å². The van der Waals surface area contributed by atoms with Gasteiger partial charge in [0.15, 0.2) is 0 Å². The molecule has 28 heavy (non-hydrogen) atoms. The summed E-state index contributed by atoms with van der Waals surface area (Å²) in [5, 5.41) is 22.0. The third-order valence-corrected chi connectivity index (χ3v) is 4.09. The molecule has 2 N–H and O–H groups in total. The summed E-state index contributed by atoms with van der Waals surface area (Å²) in [6.07, 6.45) is 1.53. The maximum atomic E-state index is 12.6. The third-order valence-electron chi connectivity index (χ3n) is 4.09. The van der Waals surface area contributed by atoms with Crippen LogP contribution in [-0.2, 0) is 11.3 Å². The van der Waals surface area contributed by atoms with Crippen LogP contribution in [0.4, 0.5) is 11.4 Å². The van der Waals surface area contributed by atoms with Gasteiger partial charge in [0.2, 0.25) is 0 Å². The molecule has 0 atom stereocenters. The second-order valence-corrected chi connectivity index (χ2v) is 6.07. The Labute approximate surface area is 163 Å². The summed E-state index contributed by atoms with van der Waals surface area (Å²) in [7, 11) is 0. The average Bonchev–Trinajstić information content (AvgIpc) is 2.74. The molecule has 0 spiro atoms. The van der Waals surface area contributed by atoms with E-state index in [1.807, 2.05) is 71.6 Å². The molecule has 138 valence electrons. The number of anilines is 2. The molecule has 0 aliphatic heterocycles. The molecule has 0 saturated carbocycles. The highest BCUT2D eigenvalue weighted by Gasteiger charge is 2.14. The number of aromatic hydroxyl groups is 1. The predicted octanol–water partition coefficient (Wildman–Crippen LogP) is 4.44. The van der Waals surface area contributed by atoms with Gasteiger partial charge in [-0.15, -0.1) is 0 Å². The van der Waals surface area contributed by atoms with Crippen LogP contribution in [0, 0.1) is 11.3 Å². The summed E-state index contributed by atoms with van der Waals surface area (Å²) >= 11 is 0. The van der Waals surface area contributed by atoms with Gasteiger partial charge in [-0.25, -0.2) is 0 Å². The van der Waals surface area contributed by atoms with Crippen molar-refractivity contribution in [1.29, 1.82) is 5.26 Å². The number of hydrogen-bond donors (Lipinski definition) is 2. The Kier molecular flexibility index (Phi) is 6.06. The van der Waals surface area contributed by atoms with Crippen LogP contribution in [0.1, 0.15) is 5.56 Å². The number of benzene rings is 3. The molecule has 0 unspecified atom stereocenters. The molecule has 0 fully saturated rings. The first-order valence-corrected chi connectivity index (χ1v) is 8.74. The van der Waals surface area contributed by atoms with Crippen molar-refractivity contribution in [2.75, 3.05) is 10.2 Å². The van der Waals surface area contributed by atoms with Gasteiger partial charge in [-0.2, -0.15) is 5.26 Å². The first kappa shape index (κ1) is 18.7. The zero-order valence-corrected chi connectivity index (χ0v) is 15.1. The van der Waals surface area contributed by atoms with Crippen LogP contribution in [0.15, 0.2) is 96.7 Å². The molecule has 0 saturated heterocycles. The number of carbonyl (C=O) groups excluding carboxylic acids is 1. The lowest BCUT2D eigenvalue weighted by Crippen LogP contribution is -2.20. The van der Waals surface area contributed by atoms with E-state index in [1.165, 1.54) is 12.3 Å². The van der Waals surface area contributed by atoms with Crippen molar-refractivity contribution >= 4 is 17.3 Å². The molecule has 3 aromatic carbocycles. The summed E-state index contributed by atoms with van der Waals surface area (Å²) in [5.74, 6) is -0.643. The molecule has 3 rings (SSSR count). The van der Waals surface area contributed by atoms with Crippen LogP contribution in [-0.4, -0.2) is 11.0 Å². The van der Waals surface area contributed by atoms with Crippen molar-refractivity contribution in [3.8, 4) is 11.8 Å². The van der Waals surface area contributed by atoms with E-state index < -0.39 is 5.91 Å². The van der Waals surface area contributed by atoms with Crippen molar-refractivity contribution in [1.82, 2.24) is 0 Å². The highest BCUT2D eigenvalue weighted by Crippen LogP contribution is 2.23. The fourth-order valence-corrected chi connectivity index (χ4v) is 2.67. The lowest BCUT2D eigenvalue weighted by atomic mass is 10.2. The number of nitriles is 1. The Balaban J connectivity index is 1.89. The van der Waals surface area contributed by atoms with Gasteiger partial charge in [-0.3, -0.25) is 4.79 Å². The van der Waals surface area contributed by atoms with E-state index in [4.69, 9.17) is 0 Å². The van der Waals surface area contributed by atoms with E-state index in [0.717, 1.165) is 11.3 Å². The van der Waals surface area contributed by atoms with E-state index in [-0.39, 0.29) is 17.0 Å². The number of nitrogens with one attached hydrogen (secondary N) is 1. The number of amides is 1. The Hall–Kier alpha value is -4.04. The van der Waals surface area contributed by atoms with Crippen LogP contribution < -0.4 is 10.2 Å². The topological polar surface area (TPSA) is 76.4 Å². The van der Waals surface area contributed by atoms with Gasteiger partial charge < -0.3 is 15.3 Å². The highest BCUT2D eigenvalue weighted by atomic mass is 16.3. The Morgan fingerprint density at radius 1 is 0.964 bits per heavy atom. The van der Waals surface area contributed by atoms with Crippen molar-refractivity contribution in [3.63, 3.8) is 0 Å². The van der Waals surface area contributed by atoms with E-state index in [0.29, 0.717) is 6.54 Å². The van der Waals surface area contributed by atoms with E-state index in [2.05, 4.69) is 5.32 Å². The number of phenols is 1. The third kappa shape index (κ3) is 4.77. The summed E-state index contributed by atoms with van der Waals surface area (Å²) in [6.45, 7) is 0.500. The normalized spacial score (nSPS) is 10.8. The second kappa shape index (κ2) is 9.06. The van der Waals surface area contributed by atoms with Crippen LogP contribution in [0.2, 0.25) is 0 Å². The average molecular weight is 369 g/mol. The van der Waals surface area contributed by atoms with Gasteiger partial charge in [-0.1, -0.05) is 60.7 Å². The van der Waals surface area contributed by atoms with E-state index in [9.17, 15) is 15.2 Å². The summed E-state index contributed by atoms with van der Waals surface area (Å²) < 4.78 is 0. The second-order valence-electron chi connectivity index (χ2n) is 6.07. The number of phenolic OH excluding ortho intramolecular Hbond substituents is 1. The summed E-state index contributed by atoms with van der Waals surface area (Å²) in [6, 6.07) is 27.7. The number of para-hydroxylation sites is 3.